The molecule has 0 bridgehead atoms. The van der Waals surface area contributed by atoms with Crippen molar-refractivity contribution in [3.05, 3.63) is 5.82 Å². The maximum atomic E-state index is 12.0. The van der Waals surface area contributed by atoms with Crippen LogP contribution in [0.4, 0.5) is 0 Å². The van der Waals surface area contributed by atoms with Crippen LogP contribution in [0.15, 0.2) is 5.10 Å². The van der Waals surface area contributed by atoms with Gasteiger partial charge < -0.3 is 11.3 Å². The number of carbonyl (C=O) groups is 2. The third kappa shape index (κ3) is 10.9. The molecule has 0 amide bonds. The van der Waals surface area contributed by atoms with Gasteiger partial charge in [0.1, 0.15) is 23.2 Å². The van der Waals surface area contributed by atoms with Gasteiger partial charge in [-0.25, -0.2) is 11.1 Å². The molecule has 0 radical (unpaired) electrons. The summed E-state index contributed by atoms with van der Waals surface area (Å²) in [6, 6.07) is 0. The zero-order chi connectivity index (χ0) is 22.2. The van der Waals surface area contributed by atoms with Crippen LogP contribution in [0.25, 0.3) is 0 Å². The molecule has 9 nitrogen and oxygen atoms in total. The Bertz CT molecular complexity index is 552. The molecule has 0 fully saturated rings. The lowest BCUT2D eigenvalue weighted by Crippen LogP contribution is -2.42. The van der Waals surface area contributed by atoms with Crippen molar-refractivity contribution in [1.29, 1.82) is 0 Å². The Morgan fingerprint density at radius 2 is 1.61 bits per heavy atom. The zero-order valence-corrected chi connectivity index (χ0v) is 18.7. The van der Waals surface area contributed by atoms with E-state index in [1.807, 2.05) is 48.5 Å². The number of hydrogen-bond acceptors (Lipinski definition) is 6. The summed E-state index contributed by atoms with van der Waals surface area (Å²) in [5.74, 6) is 12.3. The summed E-state index contributed by atoms with van der Waals surface area (Å²) >= 11 is 0. The molecule has 0 saturated heterocycles. The zero-order valence-electron chi connectivity index (χ0n) is 18.7. The number of nitrogens with two attached hydrogens (primary N) is 2. The van der Waals surface area contributed by atoms with Gasteiger partial charge in [0.15, 0.2) is 0 Å². The van der Waals surface area contributed by atoms with Crippen LogP contribution in [0, 0.1) is 5.41 Å². The number of aromatic amines is 2. The van der Waals surface area contributed by atoms with E-state index >= 15 is 0 Å². The minimum atomic E-state index is -0.414. The van der Waals surface area contributed by atoms with Gasteiger partial charge in [0.25, 0.3) is 0 Å². The second kappa shape index (κ2) is 15.9. The van der Waals surface area contributed by atoms with Gasteiger partial charge in [-0.15, -0.1) is 5.10 Å². The summed E-state index contributed by atoms with van der Waals surface area (Å²) in [7, 11) is 0. The molecule has 0 aliphatic heterocycles. The van der Waals surface area contributed by atoms with Crippen molar-refractivity contribution in [3.8, 4) is 0 Å². The van der Waals surface area contributed by atoms with Crippen LogP contribution in [0.5, 0.6) is 0 Å². The van der Waals surface area contributed by atoms with Gasteiger partial charge in [-0.05, 0) is 12.8 Å². The highest BCUT2D eigenvalue weighted by Crippen LogP contribution is 2.24. The number of hydrazone groups is 1. The van der Waals surface area contributed by atoms with Gasteiger partial charge in [-0.2, -0.15) is 5.10 Å². The first kappa shape index (κ1) is 28.1. The van der Waals surface area contributed by atoms with Crippen LogP contribution in [0.3, 0.4) is 0 Å². The van der Waals surface area contributed by atoms with Gasteiger partial charge in [-0.1, -0.05) is 48.5 Å². The molecule has 0 aromatic carbocycles. The summed E-state index contributed by atoms with van der Waals surface area (Å²) in [6.07, 6.45) is 2.68. The van der Waals surface area contributed by atoms with Crippen molar-refractivity contribution in [2.45, 2.75) is 92.9 Å². The highest BCUT2D eigenvalue weighted by Gasteiger charge is 2.25. The van der Waals surface area contributed by atoms with E-state index in [0.29, 0.717) is 25.1 Å². The van der Waals surface area contributed by atoms with Crippen molar-refractivity contribution >= 4 is 17.4 Å². The molecule has 164 valence electrons. The Hall–Kier alpha value is -2.16. The van der Waals surface area contributed by atoms with Gasteiger partial charge in [0.05, 0.1) is 0 Å². The number of H-pyrrole nitrogens is 2. The molecule has 1 heterocycles. The third-order valence-corrected chi connectivity index (χ3v) is 4.30. The average molecular weight is 400 g/mol. The summed E-state index contributed by atoms with van der Waals surface area (Å²) in [5, 5.41) is 13.0. The van der Waals surface area contributed by atoms with Crippen molar-refractivity contribution in [3.63, 3.8) is 0 Å². The molecular formula is C19H41N7O2. The van der Waals surface area contributed by atoms with Gasteiger partial charge in [-0.3, -0.25) is 14.7 Å². The largest absolute Gasteiger partial charge is 0.322 e. The van der Waals surface area contributed by atoms with Crippen LogP contribution in [-0.2, 0) is 9.59 Å². The first-order valence-corrected chi connectivity index (χ1v) is 10.2. The Labute approximate surface area is 169 Å². The summed E-state index contributed by atoms with van der Waals surface area (Å²) in [6.45, 7) is 13.8. The Morgan fingerprint density at radius 3 is 2.00 bits per heavy atom. The summed E-state index contributed by atoms with van der Waals surface area (Å²) < 4.78 is 0. The molecule has 1 rings (SSSR count). The minimum absolute atomic E-state index is 0.0621. The number of aromatic nitrogens is 3. The second-order valence-electron chi connectivity index (χ2n) is 6.76. The number of nitrogens with one attached hydrogen (secondary N) is 3. The van der Waals surface area contributed by atoms with E-state index in [1.54, 1.807) is 0 Å². The standard InChI is InChI=1S/C15H29N7O2.2C2H6/c1-10(13-20-22-21-13)4-5-11(23)6-7-12(24)8-9-15(2,3)14(18-16)19-17;2*1-2/h10,22H,4-9,16-17H2,1-3H3,(H,18,19)(H,20,21);2*1-2H3. The van der Waals surface area contributed by atoms with Gasteiger partial charge in [0, 0.05) is 37.0 Å². The minimum Gasteiger partial charge on any atom is -0.322 e. The molecule has 0 saturated carbocycles. The average Bonchev–Trinajstić information content (AvgIpc) is 2.65. The van der Waals surface area contributed by atoms with E-state index < -0.39 is 5.41 Å². The van der Waals surface area contributed by atoms with E-state index in [-0.39, 0.29) is 30.3 Å². The fourth-order valence-electron chi connectivity index (χ4n) is 2.37. The van der Waals surface area contributed by atoms with E-state index in [4.69, 9.17) is 11.7 Å². The molecule has 0 aliphatic carbocycles. The number of carbonyl (C=O) groups excluding carboxylic acids is 2. The fraction of sp³-hybridized carbons (Fsp3) is 0.789. The van der Waals surface area contributed by atoms with Crippen molar-refractivity contribution in [2.24, 2.45) is 22.2 Å². The number of hydrazine groups is 1. The third-order valence-electron chi connectivity index (χ3n) is 4.30. The van der Waals surface area contributed by atoms with Crippen LogP contribution >= 0.6 is 0 Å². The Morgan fingerprint density at radius 1 is 1.11 bits per heavy atom. The lowest BCUT2D eigenvalue weighted by atomic mass is 9.85. The number of nitrogens with zero attached hydrogens (tertiary/aromatic N) is 2. The van der Waals surface area contributed by atoms with Crippen LogP contribution in [0.1, 0.15) is 98.7 Å². The topological polar surface area (TPSA) is 155 Å². The number of hydrogen-bond donors (Lipinski definition) is 5. The predicted molar refractivity (Wildman–Crippen MR) is 114 cm³/mol. The smallest absolute Gasteiger partial charge is 0.146 e. The Balaban J connectivity index is 0. The second-order valence-corrected chi connectivity index (χ2v) is 6.76. The maximum Gasteiger partial charge on any atom is 0.146 e. The molecule has 7 N–H and O–H groups in total. The molecule has 1 atom stereocenters. The summed E-state index contributed by atoms with van der Waals surface area (Å²) in [5.41, 5.74) is 2.04. The highest BCUT2D eigenvalue weighted by molar-refractivity contribution is 5.88. The maximum absolute atomic E-state index is 12.0. The van der Waals surface area contributed by atoms with Crippen molar-refractivity contribution in [1.82, 2.24) is 20.8 Å². The molecule has 0 aliphatic rings. The van der Waals surface area contributed by atoms with E-state index in [9.17, 15) is 9.59 Å². The van der Waals surface area contributed by atoms with Gasteiger partial charge >= 0.3 is 0 Å². The number of Topliss-reactive ketones (excluding diaryl/α,β-unsaturated/α-hetero) is 2. The quantitative estimate of drug-likeness (QED) is 0.167. The van der Waals surface area contributed by atoms with E-state index in [0.717, 1.165) is 12.2 Å². The lowest BCUT2D eigenvalue weighted by molar-refractivity contribution is -0.124. The molecule has 28 heavy (non-hydrogen) atoms. The first-order chi connectivity index (χ1) is 13.3. The van der Waals surface area contributed by atoms with Crippen molar-refractivity contribution < 1.29 is 9.59 Å². The van der Waals surface area contributed by atoms with Crippen LogP contribution in [0.2, 0.25) is 0 Å². The predicted octanol–water partition coefficient (Wildman–Crippen LogP) is 3.13. The number of amidine groups is 1. The van der Waals surface area contributed by atoms with Crippen LogP contribution in [-0.4, -0.2) is 32.8 Å². The molecule has 1 aromatic heterocycles. The van der Waals surface area contributed by atoms with E-state index in [2.05, 4.69) is 25.9 Å². The van der Waals surface area contributed by atoms with Gasteiger partial charge in [0.2, 0.25) is 0 Å². The molecule has 1 unspecified atom stereocenters. The lowest BCUT2D eigenvalue weighted by Gasteiger charge is -2.25. The first-order valence-electron chi connectivity index (χ1n) is 10.2. The normalized spacial score (nSPS) is 12.2. The van der Waals surface area contributed by atoms with Crippen LogP contribution < -0.4 is 17.1 Å². The molecule has 0 spiro atoms. The van der Waals surface area contributed by atoms with E-state index in [1.165, 1.54) is 0 Å². The van der Waals surface area contributed by atoms with Crippen molar-refractivity contribution in [2.75, 3.05) is 0 Å². The Kier molecular flexibility index (Phi) is 15.9. The summed E-state index contributed by atoms with van der Waals surface area (Å²) in [4.78, 5) is 23.9. The fourth-order valence-corrected chi connectivity index (χ4v) is 2.37. The highest BCUT2D eigenvalue weighted by atomic mass is 16.1. The molecular weight excluding hydrogens is 358 g/mol. The number of rotatable bonds is 11. The monoisotopic (exact) mass is 399 g/mol. The molecule has 9 heteroatoms. The molecule has 1 aromatic rings. The SMILES string of the molecule is CC.CC.CC(CCC(=O)CCC(=O)CCC(C)(C)/C(=N/N)NN)c1n[nH][nH]1. The number of ketones is 2.